The molecule has 3 rings (SSSR count). The zero-order valence-electron chi connectivity index (χ0n) is 13.2. The van der Waals surface area contributed by atoms with E-state index < -0.39 is 12.1 Å². The van der Waals surface area contributed by atoms with Crippen molar-refractivity contribution in [2.24, 2.45) is 0 Å². The van der Waals surface area contributed by atoms with E-state index in [1.165, 1.54) is 31.2 Å². The second kappa shape index (κ2) is 5.58. The summed E-state index contributed by atoms with van der Waals surface area (Å²) in [6.45, 7) is 6.89. The summed E-state index contributed by atoms with van der Waals surface area (Å²) in [5, 5.41) is 29.6. The first kappa shape index (κ1) is 15.9. The highest BCUT2D eigenvalue weighted by Crippen LogP contribution is 2.48. The Labute approximate surface area is 138 Å². The normalized spacial score (nSPS) is 13.9. The molecule has 0 aromatic heterocycles. The summed E-state index contributed by atoms with van der Waals surface area (Å²) in [6, 6.07) is 5.42. The van der Waals surface area contributed by atoms with E-state index in [2.05, 4.69) is 6.58 Å². The molecule has 6 heteroatoms. The summed E-state index contributed by atoms with van der Waals surface area (Å²) in [7, 11) is 0. The number of fused-ring (bicyclic) bond motifs is 2. The van der Waals surface area contributed by atoms with Crippen molar-refractivity contribution < 1.29 is 29.6 Å². The van der Waals surface area contributed by atoms with Crippen LogP contribution in [0.25, 0.3) is 5.57 Å². The Bertz CT molecular complexity index is 866. The largest absolute Gasteiger partial charge is 0.508 e. The Hall–Kier alpha value is -2.99. The maximum atomic E-state index is 12.3. The maximum absolute atomic E-state index is 12.3. The number of hydrogen-bond acceptors (Lipinski definition) is 6. The molecule has 0 bridgehead atoms. The van der Waals surface area contributed by atoms with E-state index >= 15 is 0 Å². The van der Waals surface area contributed by atoms with Gasteiger partial charge < -0.3 is 24.8 Å². The second-order valence-electron chi connectivity index (χ2n) is 5.60. The van der Waals surface area contributed by atoms with E-state index in [1.54, 1.807) is 6.92 Å². The number of aliphatic hydroxyl groups excluding tert-OH is 1. The molecule has 0 amide bonds. The minimum Gasteiger partial charge on any atom is -0.508 e. The number of aromatic hydroxyl groups is 2. The van der Waals surface area contributed by atoms with Gasteiger partial charge in [-0.25, -0.2) is 4.79 Å². The van der Waals surface area contributed by atoms with Crippen LogP contribution in [0.1, 0.15) is 28.4 Å². The van der Waals surface area contributed by atoms with E-state index in [1.807, 2.05) is 0 Å². The van der Waals surface area contributed by atoms with Crippen LogP contribution in [-0.2, 0) is 0 Å². The molecule has 124 valence electrons. The zero-order valence-corrected chi connectivity index (χ0v) is 13.2. The zero-order chi connectivity index (χ0) is 17.6. The topological polar surface area (TPSA) is 96.2 Å². The van der Waals surface area contributed by atoms with Crippen molar-refractivity contribution in [1.82, 2.24) is 0 Å². The maximum Gasteiger partial charge on any atom is 0.347 e. The number of carbonyl (C=O) groups excluding carboxylic acids is 1. The van der Waals surface area contributed by atoms with Gasteiger partial charge in [-0.2, -0.15) is 0 Å². The number of carbonyl (C=O) groups is 1. The molecular weight excluding hydrogens is 312 g/mol. The lowest BCUT2D eigenvalue weighted by Crippen LogP contribution is -2.08. The molecule has 1 heterocycles. The SMILES string of the molecule is C=C(c1cc(O)c(C)c2c1Oc1cc(O)ccc1C(=O)O2)[C@H](C)O. The van der Waals surface area contributed by atoms with Crippen LogP contribution in [0.2, 0.25) is 0 Å². The van der Waals surface area contributed by atoms with Crippen molar-refractivity contribution >= 4 is 11.5 Å². The third kappa shape index (κ3) is 2.47. The van der Waals surface area contributed by atoms with E-state index in [4.69, 9.17) is 9.47 Å². The highest BCUT2D eigenvalue weighted by atomic mass is 16.6. The van der Waals surface area contributed by atoms with Crippen molar-refractivity contribution in [3.63, 3.8) is 0 Å². The Balaban J connectivity index is 2.28. The number of hydrogen-bond donors (Lipinski definition) is 3. The fourth-order valence-corrected chi connectivity index (χ4v) is 2.43. The van der Waals surface area contributed by atoms with E-state index in [9.17, 15) is 20.1 Å². The van der Waals surface area contributed by atoms with Crippen LogP contribution in [0.4, 0.5) is 0 Å². The molecule has 1 atom stereocenters. The quantitative estimate of drug-likeness (QED) is 0.579. The number of ether oxygens (including phenoxy) is 2. The average molecular weight is 328 g/mol. The van der Waals surface area contributed by atoms with Crippen molar-refractivity contribution in [3.8, 4) is 28.7 Å². The summed E-state index contributed by atoms with van der Waals surface area (Å²) in [6.07, 6.45) is -0.901. The predicted molar refractivity (Wildman–Crippen MR) is 86.7 cm³/mol. The molecule has 0 unspecified atom stereocenters. The Morgan fingerprint density at radius 3 is 2.54 bits per heavy atom. The minimum absolute atomic E-state index is 0.0486. The molecule has 0 saturated heterocycles. The van der Waals surface area contributed by atoms with Crippen LogP contribution in [0.15, 0.2) is 30.8 Å². The van der Waals surface area contributed by atoms with Crippen molar-refractivity contribution in [1.29, 1.82) is 0 Å². The molecular formula is C18H16O6. The number of rotatable bonds is 2. The van der Waals surface area contributed by atoms with Crippen LogP contribution in [-0.4, -0.2) is 27.4 Å². The lowest BCUT2D eigenvalue weighted by atomic mass is 9.99. The predicted octanol–water partition coefficient (Wildman–Crippen LogP) is 3.13. The van der Waals surface area contributed by atoms with E-state index in [0.717, 1.165) is 0 Å². The fourth-order valence-electron chi connectivity index (χ4n) is 2.43. The van der Waals surface area contributed by atoms with Crippen LogP contribution in [0, 0.1) is 6.92 Å². The number of aliphatic hydroxyl groups is 1. The monoisotopic (exact) mass is 328 g/mol. The van der Waals surface area contributed by atoms with Gasteiger partial charge in [-0.15, -0.1) is 0 Å². The first-order valence-corrected chi connectivity index (χ1v) is 7.26. The van der Waals surface area contributed by atoms with Gasteiger partial charge in [-0.1, -0.05) is 6.58 Å². The van der Waals surface area contributed by atoms with Crippen LogP contribution in [0.3, 0.4) is 0 Å². The molecule has 1 aliphatic rings. The van der Waals surface area contributed by atoms with Crippen molar-refractivity contribution in [2.75, 3.05) is 0 Å². The van der Waals surface area contributed by atoms with Crippen molar-refractivity contribution in [3.05, 3.63) is 47.5 Å². The number of benzene rings is 2. The highest BCUT2D eigenvalue weighted by molar-refractivity contribution is 5.96. The first-order chi connectivity index (χ1) is 11.3. The van der Waals surface area contributed by atoms with Gasteiger partial charge in [0.2, 0.25) is 0 Å². The Morgan fingerprint density at radius 1 is 1.17 bits per heavy atom. The van der Waals surface area contributed by atoms with Crippen LogP contribution >= 0.6 is 0 Å². The Kier molecular flexibility index (Phi) is 3.69. The van der Waals surface area contributed by atoms with Gasteiger partial charge in [-0.05, 0) is 37.6 Å². The van der Waals surface area contributed by atoms with Gasteiger partial charge in [-0.3, -0.25) is 0 Å². The van der Waals surface area contributed by atoms with Crippen LogP contribution < -0.4 is 9.47 Å². The smallest absolute Gasteiger partial charge is 0.347 e. The summed E-state index contributed by atoms with van der Waals surface area (Å²) in [4.78, 5) is 12.3. The van der Waals surface area contributed by atoms with Gasteiger partial charge in [0.1, 0.15) is 22.8 Å². The van der Waals surface area contributed by atoms with Gasteiger partial charge in [0.05, 0.1) is 6.10 Å². The lowest BCUT2D eigenvalue weighted by Gasteiger charge is -2.18. The summed E-state index contributed by atoms with van der Waals surface area (Å²) in [5.41, 5.74) is 1.06. The number of esters is 1. The summed E-state index contributed by atoms with van der Waals surface area (Å²) >= 11 is 0. The molecule has 0 spiro atoms. The molecule has 3 N–H and O–H groups in total. The average Bonchev–Trinajstić information content (AvgIpc) is 2.66. The first-order valence-electron chi connectivity index (χ1n) is 7.26. The molecule has 2 aromatic carbocycles. The standard InChI is InChI=1S/C18H16O6/c1-8(10(3)19)13-7-14(21)9(2)16-17(13)23-15-6-11(20)4-5-12(15)18(22)24-16/h4-7,10,19-21H,1H2,2-3H3/t10-/m0/s1. The summed E-state index contributed by atoms with van der Waals surface area (Å²) < 4.78 is 11.2. The molecule has 2 aromatic rings. The third-order valence-electron chi connectivity index (χ3n) is 3.90. The summed E-state index contributed by atoms with van der Waals surface area (Å²) in [5.74, 6) is -0.553. The number of phenolic OH excluding ortho intramolecular Hbond substituents is 2. The fraction of sp³-hybridized carbons (Fsp3) is 0.167. The van der Waals surface area contributed by atoms with Gasteiger partial charge in [0, 0.05) is 17.2 Å². The number of phenols is 2. The molecule has 6 nitrogen and oxygen atoms in total. The van der Waals surface area contributed by atoms with E-state index in [0.29, 0.717) is 16.7 Å². The second-order valence-corrected chi connectivity index (χ2v) is 5.60. The molecule has 1 aliphatic heterocycles. The molecule has 24 heavy (non-hydrogen) atoms. The van der Waals surface area contributed by atoms with Crippen LogP contribution in [0.5, 0.6) is 28.7 Å². The molecule has 0 saturated carbocycles. The molecule has 0 aliphatic carbocycles. The highest BCUT2D eigenvalue weighted by Gasteiger charge is 2.29. The molecule has 0 fully saturated rings. The van der Waals surface area contributed by atoms with Gasteiger partial charge in [0.25, 0.3) is 0 Å². The van der Waals surface area contributed by atoms with E-state index in [-0.39, 0.29) is 34.3 Å². The van der Waals surface area contributed by atoms with Gasteiger partial charge >= 0.3 is 5.97 Å². The lowest BCUT2D eigenvalue weighted by molar-refractivity contribution is 0.0736. The van der Waals surface area contributed by atoms with Gasteiger partial charge in [0.15, 0.2) is 11.5 Å². The van der Waals surface area contributed by atoms with Crippen molar-refractivity contribution in [2.45, 2.75) is 20.0 Å². The minimum atomic E-state index is -0.901. The Morgan fingerprint density at radius 2 is 1.88 bits per heavy atom. The third-order valence-corrected chi connectivity index (χ3v) is 3.90. The molecule has 0 radical (unpaired) electrons.